The summed E-state index contributed by atoms with van der Waals surface area (Å²) in [5.74, 6) is 0.401. The van der Waals surface area contributed by atoms with Crippen LogP contribution in [0.15, 0.2) is 18.2 Å². The van der Waals surface area contributed by atoms with Crippen LogP contribution in [0.1, 0.15) is 24.2 Å². The van der Waals surface area contributed by atoms with Crippen molar-refractivity contribution >= 4 is 11.6 Å². The Hall–Kier alpha value is -1.75. The fraction of sp³-hybridized carbons (Fsp3) is 0.462. The summed E-state index contributed by atoms with van der Waals surface area (Å²) in [7, 11) is 1.53. The quantitative estimate of drug-likeness (QED) is 0.770. The Bertz CT molecular complexity index is 419. The lowest BCUT2D eigenvalue weighted by atomic mass is 10.1. The van der Waals surface area contributed by atoms with Crippen molar-refractivity contribution in [3.8, 4) is 5.75 Å². The molecule has 0 fully saturated rings. The third-order valence-corrected chi connectivity index (χ3v) is 2.70. The second-order valence-electron chi connectivity index (χ2n) is 4.27. The van der Waals surface area contributed by atoms with Gasteiger partial charge in [0, 0.05) is 18.2 Å². The first-order valence-electron chi connectivity index (χ1n) is 5.86. The van der Waals surface area contributed by atoms with Crippen molar-refractivity contribution < 1.29 is 14.6 Å². The van der Waals surface area contributed by atoms with Crippen LogP contribution in [-0.2, 0) is 0 Å². The Labute approximate surface area is 107 Å². The molecule has 1 aromatic rings. The van der Waals surface area contributed by atoms with Crippen molar-refractivity contribution in [1.82, 2.24) is 4.90 Å². The molecule has 0 aliphatic rings. The Morgan fingerprint density at radius 1 is 1.50 bits per heavy atom. The van der Waals surface area contributed by atoms with E-state index in [1.54, 1.807) is 23.1 Å². The zero-order valence-corrected chi connectivity index (χ0v) is 11.0. The first-order chi connectivity index (χ1) is 8.51. The van der Waals surface area contributed by atoms with Gasteiger partial charge in [-0.1, -0.05) is 0 Å². The van der Waals surface area contributed by atoms with E-state index >= 15 is 0 Å². The first-order valence-corrected chi connectivity index (χ1v) is 5.86. The van der Waals surface area contributed by atoms with E-state index < -0.39 is 0 Å². The Morgan fingerprint density at radius 2 is 2.17 bits per heavy atom. The molecule has 0 aliphatic heterocycles. The van der Waals surface area contributed by atoms with Crippen LogP contribution in [0.2, 0.25) is 0 Å². The normalized spacial score (nSPS) is 10.5. The van der Waals surface area contributed by atoms with E-state index in [1.807, 2.05) is 13.8 Å². The molecule has 1 rings (SSSR count). The lowest BCUT2D eigenvalue weighted by molar-refractivity contribution is 0.0665. The van der Waals surface area contributed by atoms with Crippen LogP contribution in [0.5, 0.6) is 5.75 Å². The fourth-order valence-electron chi connectivity index (χ4n) is 1.74. The van der Waals surface area contributed by atoms with Crippen LogP contribution < -0.4 is 10.5 Å². The van der Waals surface area contributed by atoms with Gasteiger partial charge in [-0.25, -0.2) is 0 Å². The maximum Gasteiger partial charge on any atom is 0.254 e. The zero-order chi connectivity index (χ0) is 13.7. The maximum absolute atomic E-state index is 12.2. The molecule has 100 valence electrons. The summed E-state index contributed by atoms with van der Waals surface area (Å²) in [4.78, 5) is 13.8. The van der Waals surface area contributed by atoms with Gasteiger partial charge in [-0.05, 0) is 32.0 Å². The molecule has 0 saturated carbocycles. The Kier molecular flexibility index (Phi) is 4.97. The molecule has 0 heterocycles. The third kappa shape index (κ3) is 3.13. The predicted octanol–water partition coefficient (Wildman–Crippen LogP) is 1.12. The van der Waals surface area contributed by atoms with Crippen LogP contribution in [0, 0.1) is 0 Å². The molecule has 1 aromatic carbocycles. The number of nitrogen functional groups attached to an aromatic ring is 1. The highest BCUT2D eigenvalue weighted by Gasteiger charge is 2.18. The standard InChI is InChI=1S/C13H20N2O3/c1-9(2)15(6-7-16)13(17)10-4-5-12(18-3)11(14)8-10/h4-5,8-9,16H,6-7,14H2,1-3H3. The molecule has 0 unspecified atom stereocenters. The minimum absolute atomic E-state index is 0.0213. The molecule has 18 heavy (non-hydrogen) atoms. The smallest absolute Gasteiger partial charge is 0.254 e. The van der Waals surface area contributed by atoms with Gasteiger partial charge >= 0.3 is 0 Å². The van der Waals surface area contributed by atoms with Gasteiger partial charge < -0.3 is 20.5 Å². The van der Waals surface area contributed by atoms with Gasteiger partial charge in [-0.3, -0.25) is 4.79 Å². The van der Waals surface area contributed by atoms with E-state index in [0.717, 1.165) is 0 Å². The van der Waals surface area contributed by atoms with Crippen molar-refractivity contribution in [2.75, 3.05) is 26.0 Å². The molecule has 0 bridgehead atoms. The molecule has 5 nitrogen and oxygen atoms in total. The lowest BCUT2D eigenvalue weighted by Gasteiger charge is -2.26. The number of aliphatic hydroxyl groups is 1. The van der Waals surface area contributed by atoms with Gasteiger partial charge in [-0.2, -0.15) is 0 Å². The summed E-state index contributed by atoms with van der Waals surface area (Å²) in [6, 6.07) is 4.95. The van der Waals surface area contributed by atoms with Crippen LogP contribution in [0.3, 0.4) is 0 Å². The SMILES string of the molecule is COc1ccc(C(=O)N(CCO)C(C)C)cc1N. The number of anilines is 1. The van der Waals surface area contributed by atoms with Gasteiger partial charge in [0.15, 0.2) is 0 Å². The van der Waals surface area contributed by atoms with Crippen molar-refractivity contribution in [2.24, 2.45) is 0 Å². The van der Waals surface area contributed by atoms with E-state index in [-0.39, 0.29) is 18.6 Å². The predicted molar refractivity (Wildman–Crippen MR) is 70.7 cm³/mol. The van der Waals surface area contributed by atoms with Crippen LogP contribution >= 0.6 is 0 Å². The number of aliphatic hydroxyl groups excluding tert-OH is 1. The van der Waals surface area contributed by atoms with Crippen molar-refractivity contribution in [1.29, 1.82) is 0 Å². The highest BCUT2D eigenvalue weighted by molar-refractivity contribution is 5.95. The second kappa shape index (κ2) is 6.26. The van der Waals surface area contributed by atoms with Crippen LogP contribution in [0.25, 0.3) is 0 Å². The second-order valence-corrected chi connectivity index (χ2v) is 4.27. The topological polar surface area (TPSA) is 75.8 Å². The van der Waals surface area contributed by atoms with E-state index in [1.165, 1.54) is 7.11 Å². The number of rotatable bonds is 5. The van der Waals surface area contributed by atoms with Crippen molar-refractivity contribution in [3.05, 3.63) is 23.8 Å². The molecular formula is C13H20N2O3. The Morgan fingerprint density at radius 3 is 2.61 bits per heavy atom. The minimum Gasteiger partial charge on any atom is -0.495 e. The summed E-state index contributed by atoms with van der Waals surface area (Å²) in [5.41, 5.74) is 6.70. The molecular weight excluding hydrogens is 232 g/mol. The molecule has 0 saturated heterocycles. The summed E-state index contributed by atoms with van der Waals surface area (Å²) in [6.07, 6.45) is 0. The molecule has 0 atom stereocenters. The van der Waals surface area contributed by atoms with Crippen LogP contribution in [0.4, 0.5) is 5.69 Å². The summed E-state index contributed by atoms with van der Waals surface area (Å²) >= 11 is 0. The lowest BCUT2D eigenvalue weighted by Crippen LogP contribution is -2.39. The number of methoxy groups -OCH3 is 1. The minimum atomic E-state index is -0.145. The summed E-state index contributed by atoms with van der Waals surface area (Å²) in [5, 5.41) is 8.98. The Balaban J connectivity index is 2.98. The average Bonchev–Trinajstić information content (AvgIpc) is 2.34. The van der Waals surface area contributed by atoms with Gasteiger partial charge in [0.1, 0.15) is 5.75 Å². The molecule has 0 aromatic heterocycles. The largest absolute Gasteiger partial charge is 0.495 e. The molecule has 0 radical (unpaired) electrons. The van der Waals surface area contributed by atoms with E-state index in [2.05, 4.69) is 0 Å². The van der Waals surface area contributed by atoms with Gasteiger partial charge in [-0.15, -0.1) is 0 Å². The zero-order valence-electron chi connectivity index (χ0n) is 11.0. The van der Waals surface area contributed by atoms with Crippen molar-refractivity contribution in [3.63, 3.8) is 0 Å². The number of ether oxygens (including phenoxy) is 1. The fourth-order valence-corrected chi connectivity index (χ4v) is 1.74. The number of carbonyl (C=O) groups excluding carboxylic acids is 1. The number of hydrogen-bond donors (Lipinski definition) is 2. The summed E-state index contributed by atoms with van der Waals surface area (Å²) in [6.45, 7) is 4.05. The molecule has 3 N–H and O–H groups in total. The van der Waals surface area contributed by atoms with Gasteiger partial charge in [0.25, 0.3) is 5.91 Å². The number of hydrogen-bond acceptors (Lipinski definition) is 4. The highest BCUT2D eigenvalue weighted by Crippen LogP contribution is 2.23. The number of amides is 1. The third-order valence-electron chi connectivity index (χ3n) is 2.70. The van der Waals surface area contributed by atoms with Crippen molar-refractivity contribution in [2.45, 2.75) is 19.9 Å². The summed E-state index contributed by atoms with van der Waals surface area (Å²) < 4.78 is 5.05. The maximum atomic E-state index is 12.2. The number of benzene rings is 1. The highest BCUT2D eigenvalue weighted by atomic mass is 16.5. The molecule has 5 heteroatoms. The van der Waals surface area contributed by atoms with Gasteiger partial charge in [0.2, 0.25) is 0 Å². The molecule has 0 aliphatic carbocycles. The monoisotopic (exact) mass is 252 g/mol. The molecule has 1 amide bonds. The van der Waals surface area contributed by atoms with E-state index in [9.17, 15) is 4.79 Å². The number of nitrogens with zero attached hydrogens (tertiary/aromatic N) is 1. The van der Waals surface area contributed by atoms with E-state index in [0.29, 0.717) is 23.5 Å². The average molecular weight is 252 g/mol. The first kappa shape index (κ1) is 14.3. The number of carbonyl (C=O) groups is 1. The van der Waals surface area contributed by atoms with Crippen LogP contribution in [-0.4, -0.2) is 42.2 Å². The van der Waals surface area contributed by atoms with E-state index in [4.69, 9.17) is 15.6 Å². The number of nitrogens with two attached hydrogens (primary N) is 1. The molecule has 0 spiro atoms. The van der Waals surface area contributed by atoms with Gasteiger partial charge in [0.05, 0.1) is 19.4 Å².